The van der Waals surface area contributed by atoms with Crippen LogP contribution in [0.1, 0.15) is 17.5 Å². The molecule has 2 heterocycles. The fraction of sp³-hybridized carbons (Fsp3) is 0.500. The van der Waals surface area contributed by atoms with Crippen molar-refractivity contribution in [3.8, 4) is 0 Å². The molecule has 13 heavy (non-hydrogen) atoms. The molecule has 70 valence electrons. The van der Waals surface area contributed by atoms with Gasteiger partial charge in [0.25, 0.3) is 0 Å². The number of hydrogen-bond acceptors (Lipinski definition) is 3. The van der Waals surface area contributed by atoms with Gasteiger partial charge in [-0.2, -0.15) is 0 Å². The highest BCUT2D eigenvalue weighted by Gasteiger charge is 2.35. The molecule has 1 fully saturated rings. The van der Waals surface area contributed by atoms with E-state index < -0.39 is 5.60 Å². The molecule has 0 saturated carbocycles. The standard InChI is InChI=1S/C10H13NO2/c1-8-2-4-11-6-9(8)10(12)3-5-13-7-10/h2,4,6,12H,3,5,7H2,1H3. The molecule has 0 aliphatic carbocycles. The Balaban J connectivity index is 2.39. The second kappa shape index (κ2) is 3.09. The summed E-state index contributed by atoms with van der Waals surface area (Å²) < 4.78 is 5.19. The third-order valence-electron chi connectivity index (χ3n) is 2.54. The summed E-state index contributed by atoms with van der Waals surface area (Å²) in [5.74, 6) is 0. The summed E-state index contributed by atoms with van der Waals surface area (Å²) in [6.07, 6.45) is 4.13. The van der Waals surface area contributed by atoms with Gasteiger partial charge >= 0.3 is 0 Å². The van der Waals surface area contributed by atoms with Gasteiger partial charge in [0.2, 0.25) is 0 Å². The highest BCUT2D eigenvalue weighted by atomic mass is 16.5. The molecule has 1 N–H and O–H groups in total. The molecule has 3 heteroatoms. The van der Waals surface area contributed by atoms with Crippen molar-refractivity contribution in [1.29, 1.82) is 0 Å². The molecule has 0 bridgehead atoms. The van der Waals surface area contributed by atoms with Crippen LogP contribution in [0.2, 0.25) is 0 Å². The van der Waals surface area contributed by atoms with Gasteiger partial charge in [-0.15, -0.1) is 0 Å². The predicted octanol–water partition coefficient (Wildman–Crippen LogP) is 0.998. The third-order valence-corrected chi connectivity index (χ3v) is 2.54. The summed E-state index contributed by atoms with van der Waals surface area (Å²) in [5.41, 5.74) is 1.16. The van der Waals surface area contributed by atoms with E-state index in [9.17, 15) is 5.11 Å². The zero-order valence-corrected chi connectivity index (χ0v) is 7.66. The maximum atomic E-state index is 10.2. The molecule has 1 aliphatic heterocycles. The van der Waals surface area contributed by atoms with E-state index in [2.05, 4.69) is 4.98 Å². The van der Waals surface area contributed by atoms with Crippen LogP contribution in [0.3, 0.4) is 0 Å². The van der Waals surface area contributed by atoms with Gasteiger partial charge in [0.1, 0.15) is 5.60 Å². The molecule has 2 rings (SSSR count). The Morgan fingerprint density at radius 1 is 1.62 bits per heavy atom. The average molecular weight is 179 g/mol. The third kappa shape index (κ3) is 1.45. The van der Waals surface area contributed by atoms with Gasteiger partial charge in [0.15, 0.2) is 0 Å². The maximum Gasteiger partial charge on any atom is 0.117 e. The Morgan fingerprint density at radius 3 is 3.08 bits per heavy atom. The van der Waals surface area contributed by atoms with Crippen LogP contribution < -0.4 is 0 Å². The Labute approximate surface area is 77.4 Å². The monoisotopic (exact) mass is 179 g/mol. The number of ether oxygens (including phenoxy) is 1. The molecule has 1 aromatic heterocycles. The first-order chi connectivity index (χ1) is 6.22. The molecule has 0 aromatic carbocycles. The number of rotatable bonds is 1. The lowest BCUT2D eigenvalue weighted by atomic mass is 9.91. The van der Waals surface area contributed by atoms with Gasteiger partial charge < -0.3 is 9.84 Å². The van der Waals surface area contributed by atoms with E-state index in [0.717, 1.165) is 11.1 Å². The molecular formula is C10H13NO2. The normalized spacial score (nSPS) is 27.8. The fourth-order valence-corrected chi connectivity index (χ4v) is 1.72. The summed E-state index contributed by atoms with van der Waals surface area (Å²) in [6, 6.07) is 1.91. The second-order valence-corrected chi connectivity index (χ2v) is 3.52. The van der Waals surface area contributed by atoms with Gasteiger partial charge in [0.05, 0.1) is 6.61 Å². The minimum Gasteiger partial charge on any atom is -0.383 e. The highest BCUT2D eigenvalue weighted by Crippen LogP contribution is 2.31. The molecule has 3 nitrogen and oxygen atoms in total. The van der Waals surface area contributed by atoms with Gasteiger partial charge in [-0.3, -0.25) is 4.98 Å². The molecule has 0 spiro atoms. The minimum absolute atomic E-state index is 0.388. The van der Waals surface area contributed by atoms with Crippen LogP contribution in [-0.2, 0) is 10.3 Å². The van der Waals surface area contributed by atoms with E-state index in [4.69, 9.17) is 4.74 Å². The van der Waals surface area contributed by atoms with E-state index in [1.54, 1.807) is 12.4 Å². The first-order valence-corrected chi connectivity index (χ1v) is 4.44. The highest BCUT2D eigenvalue weighted by molar-refractivity contribution is 5.28. The number of pyridine rings is 1. The van der Waals surface area contributed by atoms with Gasteiger partial charge in [-0.25, -0.2) is 0 Å². The summed E-state index contributed by atoms with van der Waals surface area (Å²) >= 11 is 0. The number of nitrogens with zero attached hydrogens (tertiary/aromatic N) is 1. The van der Waals surface area contributed by atoms with Crippen molar-refractivity contribution in [3.63, 3.8) is 0 Å². The van der Waals surface area contributed by atoms with Gasteiger partial charge in [-0.05, 0) is 18.6 Å². The van der Waals surface area contributed by atoms with E-state index in [1.807, 2.05) is 13.0 Å². The van der Waals surface area contributed by atoms with Crippen LogP contribution >= 0.6 is 0 Å². The van der Waals surface area contributed by atoms with Crippen molar-refractivity contribution in [2.24, 2.45) is 0 Å². The number of aliphatic hydroxyl groups is 1. The van der Waals surface area contributed by atoms with Crippen LogP contribution in [0.5, 0.6) is 0 Å². The van der Waals surface area contributed by atoms with Crippen LogP contribution in [0.25, 0.3) is 0 Å². The van der Waals surface area contributed by atoms with Crippen LogP contribution in [0.15, 0.2) is 18.5 Å². The Bertz CT molecular complexity index is 306. The Hall–Kier alpha value is -0.930. The molecule has 1 atom stereocenters. The molecule has 0 radical (unpaired) electrons. The largest absolute Gasteiger partial charge is 0.383 e. The Morgan fingerprint density at radius 2 is 2.46 bits per heavy atom. The van der Waals surface area contributed by atoms with Crippen LogP contribution in [0, 0.1) is 6.92 Å². The van der Waals surface area contributed by atoms with Crippen molar-refractivity contribution in [3.05, 3.63) is 29.6 Å². The van der Waals surface area contributed by atoms with Crippen LogP contribution in [0.4, 0.5) is 0 Å². The van der Waals surface area contributed by atoms with Gasteiger partial charge in [0, 0.05) is 31.0 Å². The van der Waals surface area contributed by atoms with Crippen molar-refractivity contribution in [2.75, 3.05) is 13.2 Å². The topological polar surface area (TPSA) is 42.4 Å². The first kappa shape index (κ1) is 8.66. The Kier molecular flexibility index (Phi) is 2.06. The SMILES string of the molecule is Cc1ccncc1C1(O)CCOC1. The molecule has 1 aliphatic rings. The van der Waals surface area contributed by atoms with Gasteiger partial charge in [-0.1, -0.05) is 0 Å². The quantitative estimate of drug-likeness (QED) is 0.699. The molecular weight excluding hydrogens is 166 g/mol. The number of aromatic nitrogens is 1. The lowest BCUT2D eigenvalue weighted by Crippen LogP contribution is -2.26. The fourth-order valence-electron chi connectivity index (χ4n) is 1.72. The summed E-state index contributed by atoms with van der Waals surface area (Å²) in [6.45, 7) is 3.00. The first-order valence-electron chi connectivity index (χ1n) is 4.44. The molecule has 1 unspecified atom stereocenters. The smallest absolute Gasteiger partial charge is 0.117 e. The van der Waals surface area contributed by atoms with E-state index in [0.29, 0.717) is 19.6 Å². The van der Waals surface area contributed by atoms with E-state index in [1.165, 1.54) is 0 Å². The minimum atomic E-state index is -0.807. The number of hydrogen-bond donors (Lipinski definition) is 1. The van der Waals surface area contributed by atoms with Crippen molar-refractivity contribution < 1.29 is 9.84 Å². The van der Waals surface area contributed by atoms with Crippen molar-refractivity contribution in [1.82, 2.24) is 4.98 Å². The summed E-state index contributed by atoms with van der Waals surface area (Å²) in [4.78, 5) is 4.02. The zero-order chi connectivity index (χ0) is 9.31. The summed E-state index contributed by atoms with van der Waals surface area (Å²) in [7, 11) is 0. The maximum absolute atomic E-state index is 10.2. The zero-order valence-electron chi connectivity index (χ0n) is 7.66. The lowest BCUT2D eigenvalue weighted by Gasteiger charge is -2.22. The van der Waals surface area contributed by atoms with Crippen molar-refractivity contribution >= 4 is 0 Å². The summed E-state index contributed by atoms with van der Waals surface area (Å²) in [5, 5.41) is 10.2. The second-order valence-electron chi connectivity index (χ2n) is 3.52. The average Bonchev–Trinajstić information content (AvgIpc) is 2.54. The van der Waals surface area contributed by atoms with E-state index in [-0.39, 0.29) is 0 Å². The van der Waals surface area contributed by atoms with Crippen LogP contribution in [-0.4, -0.2) is 23.3 Å². The molecule has 1 aromatic rings. The molecule has 0 amide bonds. The van der Waals surface area contributed by atoms with E-state index >= 15 is 0 Å². The predicted molar refractivity (Wildman–Crippen MR) is 48.3 cm³/mol. The number of aryl methyl sites for hydroxylation is 1. The van der Waals surface area contributed by atoms with Crippen molar-refractivity contribution in [2.45, 2.75) is 18.9 Å². The lowest BCUT2D eigenvalue weighted by molar-refractivity contribution is 0.0224. The molecule has 1 saturated heterocycles.